The molecular weight excluding hydrogens is 408 g/mol. The van der Waals surface area contributed by atoms with Gasteiger partial charge in [-0.05, 0) is 61.6 Å². The van der Waals surface area contributed by atoms with Crippen LogP contribution in [0.2, 0.25) is 0 Å². The van der Waals surface area contributed by atoms with Crippen molar-refractivity contribution in [2.75, 3.05) is 6.54 Å². The number of rotatable bonds is 4. The Bertz CT molecular complexity index is 924. The molecule has 0 amide bonds. The van der Waals surface area contributed by atoms with Crippen molar-refractivity contribution in [3.8, 4) is 5.69 Å². The van der Waals surface area contributed by atoms with Crippen LogP contribution >= 0.6 is 28.1 Å². The standard InChI is InChI=1S/C20H19BrN4S/c1-2-24-19(18(23-20(24)26)16-9-3-4-11-22-16)17-10-6-12-25(17)15-8-5-7-14(21)13-15/h3-13,18-19H,2H2,1H3,(H,23,26)/t18-,19+/m0/s1. The fourth-order valence-corrected chi connectivity index (χ4v) is 4.32. The maximum Gasteiger partial charge on any atom is 0.170 e. The highest BCUT2D eigenvalue weighted by atomic mass is 79.9. The molecule has 0 aliphatic carbocycles. The summed E-state index contributed by atoms with van der Waals surface area (Å²) >= 11 is 9.19. The molecule has 0 bridgehead atoms. The van der Waals surface area contributed by atoms with Gasteiger partial charge < -0.3 is 14.8 Å². The first-order valence-electron chi connectivity index (χ1n) is 8.60. The van der Waals surface area contributed by atoms with Crippen LogP contribution in [0.15, 0.2) is 71.5 Å². The van der Waals surface area contributed by atoms with Gasteiger partial charge in [-0.3, -0.25) is 4.98 Å². The molecule has 1 aromatic carbocycles. The molecule has 0 spiro atoms. The van der Waals surface area contributed by atoms with Crippen LogP contribution in [0.5, 0.6) is 0 Å². The van der Waals surface area contributed by atoms with Gasteiger partial charge in [-0.1, -0.05) is 28.1 Å². The van der Waals surface area contributed by atoms with Crippen molar-refractivity contribution < 1.29 is 0 Å². The minimum Gasteiger partial charge on any atom is -0.352 e. The van der Waals surface area contributed by atoms with Crippen LogP contribution in [0, 0.1) is 0 Å². The van der Waals surface area contributed by atoms with Crippen molar-refractivity contribution in [2.24, 2.45) is 0 Å². The Morgan fingerprint density at radius 1 is 1.15 bits per heavy atom. The number of nitrogens with one attached hydrogen (secondary N) is 1. The molecule has 26 heavy (non-hydrogen) atoms. The van der Waals surface area contributed by atoms with Crippen molar-refractivity contribution in [1.82, 2.24) is 19.8 Å². The van der Waals surface area contributed by atoms with E-state index < -0.39 is 0 Å². The summed E-state index contributed by atoms with van der Waals surface area (Å²) < 4.78 is 3.28. The topological polar surface area (TPSA) is 33.1 Å². The fraction of sp³-hybridized carbons (Fsp3) is 0.200. The Kier molecular flexibility index (Phi) is 4.78. The molecule has 0 saturated carbocycles. The molecule has 2 aromatic heterocycles. The van der Waals surface area contributed by atoms with E-state index in [0.29, 0.717) is 0 Å². The quantitative estimate of drug-likeness (QED) is 0.616. The molecule has 1 aliphatic heterocycles. The van der Waals surface area contributed by atoms with Crippen LogP contribution < -0.4 is 5.32 Å². The average Bonchev–Trinajstić information content (AvgIpc) is 3.26. The van der Waals surface area contributed by atoms with Crippen LogP contribution in [0.3, 0.4) is 0 Å². The number of pyridine rings is 1. The summed E-state index contributed by atoms with van der Waals surface area (Å²) in [5, 5.41) is 4.25. The Morgan fingerprint density at radius 3 is 2.77 bits per heavy atom. The number of likely N-dealkylation sites (N-methyl/N-ethyl adjacent to an activating group) is 1. The van der Waals surface area contributed by atoms with E-state index in [2.05, 4.69) is 85.2 Å². The number of benzene rings is 1. The highest BCUT2D eigenvalue weighted by molar-refractivity contribution is 9.10. The summed E-state index contributed by atoms with van der Waals surface area (Å²) in [4.78, 5) is 6.81. The van der Waals surface area contributed by atoms with Gasteiger partial charge in [0, 0.05) is 34.8 Å². The summed E-state index contributed by atoms with van der Waals surface area (Å²) in [5.41, 5.74) is 3.30. The summed E-state index contributed by atoms with van der Waals surface area (Å²) in [6.45, 7) is 2.97. The van der Waals surface area contributed by atoms with Gasteiger partial charge in [0.15, 0.2) is 5.11 Å². The Morgan fingerprint density at radius 2 is 2.04 bits per heavy atom. The number of aromatic nitrogens is 2. The number of hydrogen-bond donors (Lipinski definition) is 1. The van der Waals surface area contributed by atoms with E-state index in [1.807, 2.05) is 24.4 Å². The maximum atomic E-state index is 5.62. The van der Waals surface area contributed by atoms with Gasteiger partial charge in [-0.15, -0.1) is 0 Å². The molecule has 3 aromatic rings. The zero-order valence-electron chi connectivity index (χ0n) is 14.3. The molecule has 132 valence electrons. The fourth-order valence-electron chi connectivity index (χ4n) is 3.56. The minimum absolute atomic E-state index is 0.0180. The largest absolute Gasteiger partial charge is 0.352 e. The molecule has 1 N–H and O–H groups in total. The number of hydrogen-bond acceptors (Lipinski definition) is 2. The monoisotopic (exact) mass is 426 g/mol. The van der Waals surface area contributed by atoms with E-state index in [0.717, 1.165) is 27.5 Å². The number of thiocarbonyl (C=S) groups is 1. The highest BCUT2D eigenvalue weighted by Crippen LogP contribution is 2.39. The van der Waals surface area contributed by atoms with Gasteiger partial charge in [0.2, 0.25) is 0 Å². The van der Waals surface area contributed by atoms with Crippen molar-refractivity contribution >= 4 is 33.3 Å². The lowest BCUT2D eigenvalue weighted by molar-refractivity contribution is 0.321. The molecule has 0 unspecified atom stereocenters. The second kappa shape index (κ2) is 7.21. The van der Waals surface area contributed by atoms with Gasteiger partial charge >= 0.3 is 0 Å². The normalized spacial score (nSPS) is 19.6. The van der Waals surface area contributed by atoms with Gasteiger partial charge in [-0.2, -0.15) is 0 Å². The molecule has 4 rings (SSSR count). The predicted molar refractivity (Wildman–Crippen MR) is 111 cm³/mol. The first-order valence-corrected chi connectivity index (χ1v) is 9.80. The predicted octanol–water partition coefficient (Wildman–Crippen LogP) is 4.63. The Labute approximate surface area is 167 Å². The van der Waals surface area contributed by atoms with Crippen LogP contribution in [0.4, 0.5) is 0 Å². The van der Waals surface area contributed by atoms with E-state index in [9.17, 15) is 0 Å². The van der Waals surface area contributed by atoms with E-state index in [1.165, 1.54) is 5.69 Å². The third-order valence-corrected chi connectivity index (χ3v) is 5.55. The average molecular weight is 427 g/mol. The zero-order chi connectivity index (χ0) is 18.1. The van der Waals surface area contributed by atoms with Crippen molar-refractivity contribution in [3.05, 3.63) is 82.9 Å². The van der Waals surface area contributed by atoms with Crippen LogP contribution in [0.25, 0.3) is 5.69 Å². The lowest BCUT2D eigenvalue weighted by Gasteiger charge is -2.28. The highest BCUT2D eigenvalue weighted by Gasteiger charge is 2.40. The molecule has 1 saturated heterocycles. The third-order valence-electron chi connectivity index (χ3n) is 4.71. The molecule has 1 fully saturated rings. The molecule has 1 aliphatic rings. The van der Waals surface area contributed by atoms with E-state index >= 15 is 0 Å². The van der Waals surface area contributed by atoms with Gasteiger partial charge in [-0.25, -0.2) is 0 Å². The van der Waals surface area contributed by atoms with Crippen LogP contribution in [-0.2, 0) is 0 Å². The minimum atomic E-state index is 0.0180. The molecule has 3 heterocycles. The molecular formula is C20H19BrN4S. The van der Waals surface area contributed by atoms with Gasteiger partial charge in [0.1, 0.15) is 0 Å². The second-order valence-corrected chi connectivity index (χ2v) is 7.50. The first kappa shape index (κ1) is 17.2. The van der Waals surface area contributed by atoms with Crippen molar-refractivity contribution in [3.63, 3.8) is 0 Å². The summed E-state index contributed by atoms with van der Waals surface area (Å²) in [5.74, 6) is 0. The third kappa shape index (κ3) is 3.04. The molecule has 4 nitrogen and oxygen atoms in total. The first-order chi connectivity index (χ1) is 12.7. The number of halogens is 1. The van der Waals surface area contributed by atoms with Crippen LogP contribution in [-0.4, -0.2) is 26.1 Å². The lowest BCUT2D eigenvalue weighted by Crippen LogP contribution is -2.30. The summed E-state index contributed by atoms with van der Waals surface area (Å²) in [6.07, 6.45) is 3.93. The Balaban J connectivity index is 1.82. The molecule has 2 atom stereocenters. The lowest BCUT2D eigenvalue weighted by atomic mass is 10.0. The molecule has 6 heteroatoms. The summed E-state index contributed by atoms with van der Waals surface area (Å²) in [6, 6.07) is 18.7. The van der Waals surface area contributed by atoms with Crippen molar-refractivity contribution in [1.29, 1.82) is 0 Å². The second-order valence-electron chi connectivity index (χ2n) is 6.20. The number of nitrogens with zero attached hydrogens (tertiary/aromatic N) is 3. The van der Waals surface area contributed by atoms with Crippen molar-refractivity contribution in [2.45, 2.75) is 19.0 Å². The van der Waals surface area contributed by atoms with Crippen LogP contribution in [0.1, 0.15) is 30.4 Å². The van der Waals surface area contributed by atoms with E-state index in [4.69, 9.17) is 12.2 Å². The van der Waals surface area contributed by atoms with Gasteiger partial charge in [0.25, 0.3) is 0 Å². The Hall–Kier alpha value is -2.18. The van der Waals surface area contributed by atoms with Gasteiger partial charge in [0.05, 0.1) is 17.8 Å². The van der Waals surface area contributed by atoms with E-state index in [-0.39, 0.29) is 12.1 Å². The zero-order valence-corrected chi connectivity index (χ0v) is 16.7. The smallest absolute Gasteiger partial charge is 0.170 e. The SMILES string of the molecule is CCN1C(=S)N[C@@H](c2ccccn2)[C@H]1c1cccn1-c1cccc(Br)c1. The molecule has 0 radical (unpaired) electrons. The summed E-state index contributed by atoms with van der Waals surface area (Å²) in [7, 11) is 0. The van der Waals surface area contributed by atoms with E-state index in [1.54, 1.807) is 0 Å². The maximum absolute atomic E-state index is 5.62.